The molecule has 0 saturated heterocycles. The fraction of sp³-hybridized carbons (Fsp3) is 0.733. The molecule has 4 heteroatoms. The Labute approximate surface area is 116 Å². The summed E-state index contributed by atoms with van der Waals surface area (Å²) in [5.41, 5.74) is 1.30. The zero-order valence-electron chi connectivity index (χ0n) is 12.4. The van der Waals surface area contributed by atoms with E-state index in [2.05, 4.69) is 30.1 Å². The minimum atomic E-state index is 0.742. The van der Waals surface area contributed by atoms with Crippen LogP contribution >= 0.6 is 0 Å². The van der Waals surface area contributed by atoms with Gasteiger partial charge < -0.3 is 14.5 Å². The maximum absolute atomic E-state index is 5.86. The number of rotatable bonds is 9. The molecule has 0 unspecified atom stereocenters. The number of aryl methyl sites for hydroxylation is 1. The highest BCUT2D eigenvalue weighted by molar-refractivity contribution is 5.21. The third-order valence-corrected chi connectivity index (χ3v) is 3.67. The van der Waals surface area contributed by atoms with Crippen LogP contribution in [0.5, 0.6) is 0 Å². The molecule has 1 fully saturated rings. The first kappa shape index (κ1) is 14.6. The number of methoxy groups -OCH3 is 1. The van der Waals surface area contributed by atoms with E-state index in [1.54, 1.807) is 7.11 Å². The van der Waals surface area contributed by atoms with Crippen LogP contribution in [0.25, 0.3) is 0 Å². The van der Waals surface area contributed by atoms with E-state index in [4.69, 9.17) is 9.15 Å². The van der Waals surface area contributed by atoms with Crippen molar-refractivity contribution in [2.75, 3.05) is 26.8 Å². The SMILES string of the molecule is CCN(CCOC)Cc1cc(CNC2CC2)c(C)o1. The van der Waals surface area contributed by atoms with Crippen molar-refractivity contribution in [1.29, 1.82) is 0 Å². The third kappa shape index (κ3) is 4.64. The molecule has 0 amide bonds. The van der Waals surface area contributed by atoms with Gasteiger partial charge in [0.15, 0.2) is 0 Å². The number of ether oxygens (including phenoxy) is 1. The molecule has 108 valence electrons. The van der Waals surface area contributed by atoms with Crippen molar-refractivity contribution in [3.8, 4) is 0 Å². The molecule has 2 rings (SSSR count). The van der Waals surface area contributed by atoms with E-state index < -0.39 is 0 Å². The van der Waals surface area contributed by atoms with E-state index in [1.165, 1.54) is 18.4 Å². The number of hydrogen-bond acceptors (Lipinski definition) is 4. The molecule has 1 N–H and O–H groups in total. The molecule has 0 bridgehead atoms. The molecule has 1 aliphatic rings. The van der Waals surface area contributed by atoms with Crippen LogP contribution in [0.1, 0.15) is 36.8 Å². The summed E-state index contributed by atoms with van der Waals surface area (Å²) in [5.74, 6) is 2.11. The van der Waals surface area contributed by atoms with Gasteiger partial charge in [-0.1, -0.05) is 6.92 Å². The van der Waals surface area contributed by atoms with Gasteiger partial charge in [-0.2, -0.15) is 0 Å². The largest absolute Gasteiger partial charge is 0.465 e. The molecule has 1 aliphatic carbocycles. The van der Waals surface area contributed by atoms with Gasteiger partial charge in [-0.3, -0.25) is 4.90 Å². The van der Waals surface area contributed by atoms with E-state index in [1.807, 2.05) is 0 Å². The lowest BCUT2D eigenvalue weighted by Gasteiger charge is -2.18. The zero-order valence-corrected chi connectivity index (χ0v) is 12.4. The van der Waals surface area contributed by atoms with Gasteiger partial charge in [0.2, 0.25) is 0 Å². The van der Waals surface area contributed by atoms with Crippen LogP contribution in [0, 0.1) is 6.92 Å². The summed E-state index contributed by atoms with van der Waals surface area (Å²) in [6, 6.07) is 2.94. The molecule has 4 nitrogen and oxygen atoms in total. The summed E-state index contributed by atoms with van der Waals surface area (Å²) in [6.45, 7) is 8.75. The molecule has 0 radical (unpaired) electrons. The van der Waals surface area contributed by atoms with Gasteiger partial charge in [-0.05, 0) is 32.4 Å². The highest BCUT2D eigenvalue weighted by Gasteiger charge is 2.21. The highest BCUT2D eigenvalue weighted by atomic mass is 16.5. The van der Waals surface area contributed by atoms with Crippen molar-refractivity contribution in [3.05, 3.63) is 23.2 Å². The van der Waals surface area contributed by atoms with Gasteiger partial charge in [0.1, 0.15) is 11.5 Å². The summed E-state index contributed by atoms with van der Waals surface area (Å²) in [6.07, 6.45) is 2.65. The van der Waals surface area contributed by atoms with Crippen LogP contribution in [0.2, 0.25) is 0 Å². The van der Waals surface area contributed by atoms with Crippen molar-refractivity contribution >= 4 is 0 Å². The predicted molar refractivity (Wildman–Crippen MR) is 76.1 cm³/mol. The van der Waals surface area contributed by atoms with Crippen molar-refractivity contribution in [3.63, 3.8) is 0 Å². The molecule has 1 saturated carbocycles. The predicted octanol–water partition coefficient (Wildman–Crippen LogP) is 2.31. The first-order valence-corrected chi connectivity index (χ1v) is 7.25. The fourth-order valence-electron chi connectivity index (χ4n) is 2.17. The molecule has 1 aromatic rings. The molecule has 0 spiro atoms. The van der Waals surface area contributed by atoms with Gasteiger partial charge in [0, 0.05) is 31.8 Å². The van der Waals surface area contributed by atoms with Crippen LogP contribution in [-0.2, 0) is 17.8 Å². The average molecular weight is 266 g/mol. The second kappa shape index (κ2) is 7.08. The maximum Gasteiger partial charge on any atom is 0.118 e. The summed E-state index contributed by atoms with van der Waals surface area (Å²) < 4.78 is 11.0. The molecule has 0 aliphatic heterocycles. The lowest BCUT2D eigenvalue weighted by molar-refractivity contribution is 0.142. The van der Waals surface area contributed by atoms with E-state index >= 15 is 0 Å². The first-order chi connectivity index (χ1) is 9.22. The fourth-order valence-corrected chi connectivity index (χ4v) is 2.17. The van der Waals surface area contributed by atoms with Gasteiger partial charge in [0.25, 0.3) is 0 Å². The van der Waals surface area contributed by atoms with Crippen LogP contribution in [-0.4, -0.2) is 37.7 Å². The normalized spacial score (nSPS) is 15.4. The Kier molecular flexibility index (Phi) is 5.43. The molecule has 19 heavy (non-hydrogen) atoms. The molecule has 0 atom stereocenters. The van der Waals surface area contributed by atoms with Crippen molar-refractivity contribution in [1.82, 2.24) is 10.2 Å². The van der Waals surface area contributed by atoms with Crippen molar-refractivity contribution in [2.45, 2.75) is 45.8 Å². The quantitative estimate of drug-likeness (QED) is 0.744. The van der Waals surface area contributed by atoms with E-state index in [9.17, 15) is 0 Å². The number of nitrogens with one attached hydrogen (secondary N) is 1. The number of likely N-dealkylation sites (N-methyl/N-ethyl adjacent to an activating group) is 1. The summed E-state index contributed by atoms with van der Waals surface area (Å²) in [7, 11) is 1.74. The standard InChI is InChI=1S/C15H26N2O2/c1-4-17(7-8-18-3)11-15-9-13(12(2)19-15)10-16-14-5-6-14/h9,14,16H,4-8,10-11H2,1-3H3. The van der Waals surface area contributed by atoms with Crippen molar-refractivity contribution < 1.29 is 9.15 Å². The lowest BCUT2D eigenvalue weighted by Crippen LogP contribution is -2.26. The zero-order chi connectivity index (χ0) is 13.7. The Bertz CT molecular complexity index is 385. The first-order valence-electron chi connectivity index (χ1n) is 7.25. The number of furan rings is 1. The van der Waals surface area contributed by atoms with Gasteiger partial charge in [-0.15, -0.1) is 0 Å². The Balaban J connectivity index is 1.86. The average Bonchev–Trinajstić information content (AvgIpc) is 3.17. The van der Waals surface area contributed by atoms with Gasteiger partial charge >= 0.3 is 0 Å². The highest BCUT2D eigenvalue weighted by Crippen LogP contribution is 2.21. The Morgan fingerprint density at radius 1 is 1.47 bits per heavy atom. The minimum Gasteiger partial charge on any atom is -0.465 e. The third-order valence-electron chi connectivity index (χ3n) is 3.67. The van der Waals surface area contributed by atoms with E-state index in [-0.39, 0.29) is 0 Å². The Morgan fingerprint density at radius 3 is 2.89 bits per heavy atom. The lowest BCUT2D eigenvalue weighted by atomic mass is 10.2. The minimum absolute atomic E-state index is 0.742. The molecular weight excluding hydrogens is 240 g/mol. The molecular formula is C15H26N2O2. The monoisotopic (exact) mass is 266 g/mol. The molecule has 1 heterocycles. The van der Waals surface area contributed by atoms with Crippen LogP contribution in [0.4, 0.5) is 0 Å². The Morgan fingerprint density at radius 2 is 2.26 bits per heavy atom. The van der Waals surface area contributed by atoms with Crippen LogP contribution in [0.15, 0.2) is 10.5 Å². The summed E-state index contributed by atoms with van der Waals surface area (Å²) in [5, 5.41) is 3.54. The second-order valence-electron chi connectivity index (χ2n) is 5.31. The molecule has 1 aromatic heterocycles. The van der Waals surface area contributed by atoms with Gasteiger partial charge in [0.05, 0.1) is 13.2 Å². The number of nitrogens with zero attached hydrogens (tertiary/aromatic N) is 1. The maximum atomic E-state index is 5.86. The topological polar surface area (TPSA) is 37.6 Å². The van der Waals surface area contributed by atoms with E-state index in [0.29, 0.717) is 0 Å². The van der Waals surface area contributed by atoms with Gasteiger partial charge in [-0.25, -0.2) is 0 Å². The second-order valence-corrected chi connectivity index (χ2v) is 5.31. The summed E-state index contributed by atoms with van der Waals surface area (Å²) in [4.78, 5) is 2.33. The van der Waals surface area contributed by atoms with Crippen molar-refractivity contribution in [2.24, 2.45) is 0 Å². The Hall–Kier alpha value is -0.840. The van der Waals surface area contributed by atoms with E-state index in [0.717, 1.165) is 50.3 Å². The smallest absolute Gasteiger partial charge is 0.118 e. The van der Waals surface area contributed by atoms with Crippen LogP contribution in [0.3, 0.4) is 0 Å². The summed E-state index contributed by atoms with van der Waals surface area (Å²) >= 11 is 0. The number of hydrogen-bond donors (Lipinski definition) is 1. The molecule has 0 aromatic carbocycles. The van der Waals surface area contributed by atoms with Crippen LogP contribution < -0.4 is 5.32 Å².